The number of ether oxygens (including phenoxy) is 1. The summed E-state index contributed by atoms with van der Waals surface area (Å²) in [5, 5.41) is 0. The normalized spacial score (nSPS) is 20.9. The van der Waals surface area contributed by atoms with E-state index in [1.807, 2.05) is 0 Å². The monoisotopic (exact) mass is 143 g/mol. The Morgan fingerprint density at radius 3 is 2.50 bits per heavy atom. The highest BCUT2D eigenvalue weighted by Crippen LogP contribution is 2.29. The van der Waals surface area contributed by atoms with E-state index in [0.717, 1.165) is 6.42 Å². The standard InChI is InChI=1S/C6H9NO3/c7-6(2-1-3-6)5(9)10-4-8/h4H,1-3,7H2. The van der Waals surface area contributed by atoms with Gasteiger partial charge in [0.15, 0.2) is 0 Å². The Hall–Kier alpha value is -0.900. The minimum absolute atomic E-state index is 0.120. The second-order valence-corrected chi connectivity index (χ2v) is 2.51. The molecule has 0 amide bonds. The Bertz CT molecular complexity index is 162. The first-order chi connectivity index (χ1) is 4.69. The van der Waals surface area contributed by atoms with Gasteiger partial charge in [0.1, 0.15) is 5.54 Å². The maximum atomic E-state index is 10.8. The lowest BCUT2D eigenvalue weighted by molar-refractivity contribution is -0.158. The quantitative estimate of drug-likeness (QED) is 0.323. The van der Waals surface area contributed by atoms with Crippen LogP contribution in [0.15, 0.2) is 0 Å². The zero-order chi connectivity index (χ0) is 7.61. The lowest BCUT2D eigenvalue weighted by Crippen LogP contribution is -2.54. The lowest BCUT2D eigenvalue weighted by Gasteiger charge is -2.33. The van der Waals surface area contributed by atoms with Gasteiger partial charge >= 0.3 is 12.4 Å². The highest BCUT2D eigenvalue weighted by molar-refractivity contribution is 5.86. The molecule has 4 heteroatoms. The van der Waals surface area contributed by atoms with E-state index in [4.69, 9.17) is 5.73 Å². The number of hydrogen-bond donors (Lipinski definition) is 1. The average molecular weight is 143 g/mol. The van der Waals surface area contributed by atoms with E-state index >= 15 is 0 Å². The van der Waals surface area contributed by atoms with Gasteiger partial charge in [0.2, 0.25) is 0 Å². The third kappa shape index (κ3) is 1.02. The van der Waals surface area contributed by atoms with Gasteiger partial charge in [0.05, 0.1) is 0 Å². The van der Waals surface area contributed by atoms with Crippen molar-refractivity contribution in [1.29, 1.82) is 0 Å². The van der Waals surface area contributed by atoms with Crippen molar-refractivity contribution in [3.8, 4) is 0 Å². The van der Waals surface area contributed by atoms with Crippen LogP contribution < -0.4 is 5.73 Å². The van der Waals surface area contributed by atoms with E-state index in [9.17, 15) is 9.59 Å². The van der Waals surface area contributed by atoms with Gasteiger partial charge in [-0.1, -0.05) is 0 Å². The van der Waals surface area contributed by atoms with E-state index in [1.165, 1.54) is 0 Å². The first kappa shape index (κ1) is 7.21. The summed E-state index contributed by atoms with van der Waals surface area (Å²) in [6.45, 7) is 0.120. The Morgan fingerprint density at radius 2 is 2.20 bits per heavy atom. The molecule has 0 unspecified atom stereocenters. The molecule has 1 rings (SSSR count). The molecule has 1 aliphatic carbocycles. The first-order valence-corrected chi connectivity index (χ1v) is 3.13. The topological polar surface area (TPSA) is 69.4 Å². The lowest BCUT2D eigenvalue weighted by atomic mass is 9.78. The fourth-order valence-corrected chi connectivity index (χ4v) is 0.923. The number of hydrogen-bond acceptors (Lipinski definition) is 4. The molecule has 0 saturated heterocycles. The minimum Gasteiger partial charge on any atom is -0.394 e. The van der Waals surface area contributed by atoms with Crippen LogP contribution in [-0.4, -0.2) is 18.0 Å². The molecule has 56 valence electrons. The highest BCUT2D eigenvalue weighted by Gasteiger charge is 2.41. The third-order valence-corrected chi connectivity index (χ3v) is 1.81. The van der Waals surface area contributed by atoms with Gasteiger partial charge in [-0.2, -0.15) is 0 Å². The van der Waals surface area contributed by atoms with Crippen LogP contribution in [0.4, 0.5) is 0 Å². The molecule has 1 fully saturated rings. The molecular weight excluding hydrogens is 134 g/mol. The van der Waals surface area contributed by atoms with Crippen LogP contribution in [0, 0.1) is 0 Å². The molecule has 1 saturated carbocycles. The van der Waals surface area contributed by atoms with Gasteiger partial charge in [-0.25, -0.2) is 4.79 Å². The molecule has 0 aliphatic heterocycles. The Morgan fingerprint density at radius 1 is 1.60 bits per heavy atom. The highest BCUT2D eigenvalue weighted by atomic mass is 16.6. The van der Waals surface area contributed by atoms with Crippen LogP contribution in [0.3, 0.4) is 0 Å². The van der Waals surface area contributed by atoms with Gasteiger partial charge in [-0.15, -0.1) is 0 Å². The molecule has 0 aromatic rings. The Kier molecular flexibility index (Phi) is 1.72. The maximum Gasteiger partial charge on any atom is 0.333 e. The summed E-state index contributed by atoms with van der Waals surface area (Å²) in [6, 6.07) is 0. The molecule has 1 aliphatic rings. The summed E-state index contributed by atoms with van der Waals surface area (Å²) in [7, 11) is 0. The molecule has 4 nitrogen and oxygen atoms in total. The Balaban J connectivity index is 2.46. The maximum absolute atomic E-state index is 10.8. The van der Waals surface area contributed by atoms with Gasteiger partial charge in [-0.05, 0) is 19.3 Å². The number of nitrogens with two attached hydrogens (primary N) is 1. The van der Waals surface area contributed by atoms with Crippen LogP contribution in [-0.2, 0) is 14.3 Å². The zero-order valence-electron chi connectivity index (χ0n) is 5.50. The molecule has 0 radical (unpaired) electrons. The summed E-state index contributed by atoms with van der Waals surface area (Å²) in [5.41, 5.74) is 4.64. The summed E-state index contributed by atoms with van der Waals surface area (Å²) in [4.78, 5) is 20.5. The van der Waals surface area contributed by atoms with Crippen molar-refractivity contribution < 1.29 is 14.3 Å². The van der Waals surface area contributed by atoms with Crippen LogP contribution in [0.1, 0.15) is 19.3 Å². The fraction of sp³-hybridized carbons (Fsp3) is 0.667. The van der Waals surface area contributed by atoms with Gasteiger partial charge < -0.3 is 10.5 Å². The molecule has 10 heavy (non-hydrogen) atoms. The second kappa shape index (κ2) is 2.38. The predicted octanol–water partition coefficient (Wildman–Crippen LogP) is -0.433. The van der Waals surface area contributed by atoms with Crippen molar-refractivity contribution in [2.75, 3.05) is 0 Å². The van der Waals surface area contributed by atoms with Gasteiger partial charge in [0, 0.05) is 0 Å². The van der Waals surface area contributed by atoms with E-state index in [1.54, 1.807) is 0 Å². The average Bonchev–Trinajstić information content (AvgIpc) is 1.83. The number of carbonyl (C=O) groups excluding carboxylic acids is 2. The van der Waals surface area contributed by atoms with Crippen LogP contribution in [0.2, 0.25) is 0 Å². The summed E-state index contributed by atoms with van der Waals surface area (Å²) in [6.07, 6.45) is 2.18. The van der Waals surface area contributed by atoms with E-state index in [2.05, 4.69) is 4.74 Å². The van der Waals surface area contributed by atoms with Crippen LogP contribution >= 0.6 is 0 Å². The molecule has 0 spiro atoms. The van der Waals surface area contributed by atoms with E-state index in [0.29, 0.717) is 12.8 Å². The third-order valence-electron chi connectivity index (χ3n) is 1.81. The first-order valence-electron chi connectivity index (χ1n) is 3.13. The SMILES string of the molecule is NC1(C(=O)OC=O)CCC1. The van der Waals surface area contributed by atoms with E-state index < -0.39 is 11.5 Å². The van der Waals surface area contributed by atoms with Crippen molar-refractivity contribution in [2.45, 2.75) is 24.8 Å². The molecule has 0 heterocycles. The Labute approximate surface area is 58.3 Å². The molecule has 2 N–H and O–H groups in total. The second-order valence-electron chi connectivity index (χ2n) is 2.51. The van der Waals surface area contributed by atoms with Gasteiger partial charge in [0.25, 0.3) is 0 Å². The number of esters is 1. The minimum atomic E-state index is -0.860. The summed E-state index contributed by atoms with van der Waals surface area (Å²) >= 11 is 0. The largest absolute Gasteiger partial charge is 0.394 e. The molecule has 0 bridgehead atoms. The summed E-state index contributed by atoms with van der Waals surface area (Å²) in [5.74, 6) is -0.603. The fourth-order valence-electron chi connectivity index (χ4n) is 0.923. The molecule has 0 aromatic heterocycles. The van der Waals surface area contributed by atoms with Crippen molar-refractivity contribution in [3.63, 3.8) is 0 Å². The predicted molar refractivity (Wildman–Crippen MR) is 32.9 cm³/mol. The smallest absolute Gasteiger partial charge is 0.333 e. The summed E-state index contributed by atoms with van der Waals surface area (Å²) < 4.78 is 4.10. The van der Waals surface area contributed by atoms with Crippen molar-refractivity contribution >= 4 is 12.4 Å². The zero-order valence-corrected chi connectivity index (χ0v) is 5.50. The number of carbonyl (C=O) groups is 2. The van der Waals surface area contributed by atoms with Crippen molar-refractivity contribution in [1.82, 2.24) is 0 Å². The van der Waals surface area contributed by atoms with Crippen molar-refractivity contribution in [3.05, 3.63) is 0 Å². The van der Waals surface area contributed by atoms with Gasteiger partial charge in [-0.3, -0.25) is 4.79 Å². The van der Waals surface area contributed by atoms with Crippen LogP contribution in [0.25, 0.3) is 0 Å². The van der Waals surface area contributed by atoms with Crippen LogP contribution in [0.5, 0.6) is 0 Å². The molecule has 0 aromatic carbocycles. The van der Waals surface area contributed by atoms with Crippen molar-refractivity contribution in [2.24, 2.45) is 5.73 Å². The molecule has 0 atom stereocenters. The molecular formula is C6H9NO3. The number of rotatable bonds is 2. The van der Waals surface area contributed by atoms with E-state index in [-0.39, 0.29) is 6.47 Å².